The van der Waals surface area contributed by atoms with Crippen molar-refractivity contribution in [3.8, 4) is 16.5 Å². The van der Waals surface area contributed by atoms with Gasteiger partial charge < -0.3 is 19.0 Å². The van der Waals surface area contributed by atoms with E-state index in [4.69, 9.17) is 13.9 Å². The molecule has 1 N–H and O–H groups in total. The first-order valence-corrected chi connectivity index (χ1v) is 11.4. The van der Waals surface area contributed by atoms with Gasteiger partial charge in [0.05, 0.1) is 23.3 Å². The summed E-state index contributed by atoms with van der Waals surface area (Å²) in [6.07, 6.45) is 1.79. The van der Waals surface area contributed by atoms with Crippen LogP contribution in [-0.2, 0) is 22.4 Å². The van der Waals surface area contributed by atoms with Crippen LogP contribution in [0.15, 0.2) is 46.2 Å². The highest BCUT2D eigenvalue weighted by molar-refractivity contribution is 7.13. The molecule has 2 aromatic heterocycles. The number of rotatable bonds is 12. The number of carboxylic acid groups (broad SMARTS) is 1. The summed E-state index contributed by atoms with van der Waals surface area (Å²) < 4.78 is 17.2. The quantitative estimate of drug-likeness (QED) is 0.371. The van der Waals surface area contributed by atoms with Gasteiger partial charge in [0.2, 0.25) is 5.89 Å². The van der Waals surface area contributed by atoms with Crippen molar-refractivity contribution in [1.82, 2.24) is 4.98 Å². The fourth-order valence-electron chi connectivity index (χ4n) is 3.10. The minimum atomic E-state index is -0.939. The molecule has 0 aliphatic rings. The van der Waals surface area contributed by atoms with Crippen molar-refractivity contribution in [1.29, 1.82) is 0 Å². The standard InChI is InChI=1S/C24H29NO5S/c1-4-16(2)29-21(24(26)27)15-18-9-11-19(12-10-18)28-13-5-7-20-17(3)30-23(25-20)22-8-6-14-31-22/h6,8-12,14,16,21H,4-5,7,13,15H2,1-3H3,(H,26,27). The van der Waals surface area contributed by atoms with Crippen LogP contribution >= 0.6 is 11.3 Å². The van der Waals surface area contributed by atoms with Gasteiger partial charge in [0.25, 0.3) is 0 Å². The second-order valence-electron chi connectivity index (χ2n) is 7.48. The van der Waals surface area contributed by atoms with E-state index in [0.29, 0.717) is 18.9 Å². The summed E-state index contributed by atoms with van der Waals surface area (Å²) in [5, 5.41) is 11.4. The summed E-state index contributed by atoms with van der Waals surface area (Å²) in [7, 11) is 0. The summed E-state index contributed by atoms with van der Waals surface area (Å²) in [6.45, 7) is 6.36. The van der Waals surface area contributed by atoms with Gasteiger partial charge in [-0.25, -0.2) is 9.78 Å². The van der Waals surface area contributed by atoms with Crippen molar-refractivity contribution in [3.63, 3.8) is 0 Å². The maximum atomic E-state index is 11.4. The minimum Gasteiger partial charge on any atom is -0.494 e. The van der Waals surface area contributed by atoms with Gasteiger partial charge >= 0.3 is 5.97 Å². The molecular weight excluding hydrogens is 414 g/mol. The van der Waals surface area contributed by atoms with E-state index in [1.54, 1.807) is 11.3 Å². The van der Waals surface area contributed by atoms with Crippen molar-refractivity contribution in [2.45, 2.75) is 58.7 Å². The molecule has 0 amide bonds. The summed E-state index contributed by atoms with van der Waals surface area (Å²) in [6, 6.07) is 11.5. The first-order chi connectivity index (χ1) is 15.0. The second-order valence-corrected chi connectivity index (χ2v) is 8.43. The highest BCUT2D eigenvalue weighted by atomic mass is 32.1. The van der Waals surface area contributed by atoms with Crippen molar-refractivity contribution < 1.29 is 23.8 Å². The van der Waals surface area contributed by atoms with Gasteiger partial charge in [0.1, 0.15) is 11.5 Å². The Morgan fingerprint density at radius 1 is 1.26 bits per heavy atom. The van der Waals surface area contributed by atoms with Gasteiger partial charge in [-0.15, -0.1) is 11.3 Å². The molecule has 0 spiro atoms. The third-order valence-electron chi connectivity index (χ3n) is 5.04. The molecule has 166 valence electrons. The lowest BCUT2D eigenvalue weighted by molar-refractivity contribution is -0.153. The van der Waals surface area contributed by atoms with Crippen LogP contribution < -0.4 is 4.74 Å². The van der Waals surface area contributed by atoms with Crippen molar-refractivity contribution in [2.24, 2.45) is 0 Å². The first-order valence-electron chi connectivity index (χ1n) is 10.6. The van der Waals surface area contributed by atoms with Crippen LogP contribution in [0.2, 0.25) is 0 Å². The van der Waals surface area contributed by atoms with Crippen LogP contribution in [0.1, 0.15) is 43.7 Å². The average molecular weight is 444 g/mol. The highest BCUT2D eigenvalue weighted by Gasteiger charge is 2.21. The Hall–Kier alpha value is -2.64. The monoisotopic (exact) mass is 443 g/mol. The number of carbonyl (C=O) groups is 1. The highest BCUT2D eigenvalue weighted by Crippen LogP contribution is 2.26. The summed E-state index contributed by atoms with van der Waals surface area (Å²) >= 11 is 1.61. The van der Waals surface area contributed by atoms with E-state index in [0.717, 1.165) is 46.9 Å². The van der Waals surface area contributed by atoms with E-state index >= 15 is 0 Å². The first kappa shape index (κ1) is 23.0. The molecule has 2 unspecified atom stereocenters. The maximum Gasteiger partial charge on any atom is 0.333 e. The molecule has 6 nitrogen and oxygen atoms in total. The summed E-state index contributed by atoms with van der Waals surface area (Å²) in [5.74, 6) is 1.34. The maximum absolute atomic E-state index is 11.4. The average Bonchev–Trinajstić information content (AvgIpc) is 3.41. The Labute approximate surface area is 186 Å². The number of ether oxygens (including phenoxy) is 2. The number of hydrogen-bond donors (Lipinski definition) is 1. The molecule has 2 heterocycles. The number of aromatic nitrogens is 1. The molecule has 31 heavy (non-hydrogen) atoms. The molecule has 2 atom stereocenters. The Morgan fingerprint density at radius 2 is 2.03 bits per heavy atom. The van der Waals surface area contributed by atoms with Crippen molar-refractivity contribution >= 4 is 17.3 Å². The van der Waals surface area contributed by atoms with Crippen LogP contribution in [0.3, 0.4) is 0 Å². The number of carboxylic acids is 1. The molecule has 3 rings (SSSR count). The van der Waals surface area contributed by atoms with Crippen LogP contribution in [-0.4, -0.2) is 34.9 Å². The number of aliphatic carboxylic acids is 1. The number of benzene rings is 1. The number of nitrogens with zero attached hydrogens (tertiary/aromatic N) is 1. The molecule has 0 fully saturated rings. The number of thiophene rings is 1. The van der Waals surface area contributed by atoms with Crippen LogP contribution in [0.5, 0.6) is 5.75 Å². The minimum absolute atomic E-state index is 0.0848. The van der Waals surface area contributed by atoms with E-state index in [2.05, 4.69) is 4.98 Å². The molecule has 0 aliphatic carbocycles. The van der Waals surface area contributed by atoms with E-state index < -0.39 is 12.1 Å². The van der Waals surface area contributed by atoms with Gasteiger partial charge in [0.15, 0.2) is 6.10 Å². The van der Waals surface area contributed by atoms with E-state index in [1.807, 2.05) is 62.5 Å². The lowest BCUT2D eigenvalue weighted by atomic mass is 10.1. The van der Waals surface area contributed by atoms with Crippen molar-refractivity contribution in [3.05, 3.63) is 58.8 Å². The Balaban J connectivity index is 1.46. The number of oxazole rings is 1. The molecule has 7 heteroatoms. The summed E-state index contributed by atoms with van der Waals surface area (Å²) in [5.41, 5.74) is 1.87. The Bertz CT molecular complexity index is 949. The SMILES string of the molecule is CCC(C)OC(Cc1ccc(OCCCc2nc(-c3cccs3)oc2C)cc1)C(=O)O. The number of hydrogen-bond acceptors (Lipinski definition) is 6. The lowest BCUT2D eigenvalue weighted by Crippen LogP contribution is -2.30. The van der Waals surface area contributed by atoms with Gasteiger partial charge in [-0.3, -0.25) is 0 Å². The van der Waals surface area contributed by atoms with Gasteiger partial charge in [-0.05, 0) is 62.3 Å². The fourth-order valence-corrected chi connectivity index (χ4v) is 3.75. The molecule has 0 radical (unpaired) electrons. The zero-order chi connectivity index (χ0) is 22.2. The molecule has 0 aliphatic heterocycles. The smallest absolute Gasteiger partial charge is 0.333 e. The Morgan fingerprint density at radius 3 is 2.68 bits per heavy atom. The normalized spacial score (nSPS) is 13.1. The molecule has 0 saturated heterocycles. The van der Waals surface area contributed by atoms with Gasteiger partial charge in [-0.2, -0.15) is 0 Å². The lowest BCUT2D eigenvalue weighted by Gasteiger charge is -2.18. The van der Waals surface area contributed by atoms with Gasteiger partial charge in [-0.1, -0.05) is 25.1 Å². The van der Waals surface area contributed by atoms with Crippen molar-refractivity contribution in [2.75, 3.05) is 6.61 Å². The summed E-state index contributed by atoms with van der Waals surface area (Å²) in [4.78, 5) is 17.1. The van der Waals surface area contributed by atoms with Gasteiger partial charge in [0, 0.05) is 6.42 Å². The third kappa shape index (κ3) is 6.67. The van der Waals surface area contributed by atoms with Crippen LogP contribution in [0, 0.1) is 6.92 Å². The zero-order valence-electron chi connectivity index (χ0n) is 18.2. The Kier molecular flexibility index (Phi) is 8.26. The third-order valence-corrected chi connectivity index (χ3v) is 5.90. The molecule has 0 bridgehead atoms. The molecule has 0 saturated carbocycles. The van der Waals surface area contributed by atoms with Crippen LogP contribution in [0.25, 0.3) is 10.8 Å². The van der Waals surface area contributed by atoms with E-state index in [9.17, 15) is 9.90 Å². The molecule has 1 aromatic carbocycles. The topological polar surface area (TPSA) is 81.8 Å². The second kappa shape index (κ2) is 11.1. The predicted molar refractivity (Wildman–Crippen MR) is 121 cm³/mol. The van der Waals surface area contributed by atoms with Crippen LogP contribution in [0.4, 0.5) is 0 Å². The molecular formula is C24H29NO5S. The largest absolute Gasteiger partial charge is 0.494 e. The zero-order valence-corrected chi connectivity index (χ0v) is 19.0. The van der Waals surface area contributed by atoms with E-state index in [1.165, 1.54) is 0 Å². The molecule has 3 aromatic rings. The van der Waals surface area contributed by atoms with E-state index in [-0.39, 0.29) is 6.10 Å². The predicted octanol–water partition coefficient (Wildman–Crippen LogP) is 5.53. The number of aryl methyl sites for hydroxylation is 2. The fraction of sp³-hybridized carbons (Fsp3) is 0.417.